The quantitative estimate of drug-likeness (QED) is 0.764. The molecule has 2 rings (SSSR count). The van der Waals surface area contributed by atoms with Gasteiger partial charge in [0.25, 0.3) is 0 Å². The van der Waals surface area contributed by atoms with E-state index in [9.17, 15) is 27.6 Å². The van der Waals surface area contributed by atoms with Crippen LogP contribution in [-0.4, -0.2) is 73.0 Å². The molecular formula is C19H25F3N4O3. The second kappa shape index (κ2) is 9.73. The van der Waals surface area contributed by atoms with Crippen LogP contribution < -0.4 is 10.6 Å². The smallest absolute Gasteiger partial charge is 0.340 e. The van der Waals surface area contributed by atoms with E-state index in [4.69, 9.17) is 0 Å². The normalized spacial score (nSPS) is 15.6. The lowest BCUT2D eigenvalue weighted by Gasteiger charge is -2.22. The standard InChI is InChI=1S/C19H25F3N4O3/c1-13-5-3-6-14(2)17(13)24-15(27)12-25-7-4-8-26(10-9-25)16(28)11-23-18(29)19(20,21)22/h3,5-6H,4,7-12H2,1-2H3,(H,23,29)(H,24,27). The first-order valence-corrected chi connectivity index (χ1v) is 9.29. The molecule has 1 heterocycles. The third-order valence-corrected chi connectivity index (χ3v) is 4.71. The summed E-state index contributed by atoms with van der Waals surface area (Å²) < 4.78 is 36.6. The van der Waals surface area contributed by atoms with Gasteiger partial charge in [0, 0.05) is 31.9 Å². The number of halogens is 3. The lowest BCUT2D eigenvalue weighted by Crippen LogP contribution is -2.45. The number of hydrogen-bond donors (Lipinski definition) is 2. The monoisotopic (exact) mass is 414 g/mol. The Kier molecular flexibility index (Phi) is 7.60. The van der Waals surface area contributed by atoms with Crippen molar-refractivity contribution in [2.24, 2.45) is 0 Å². The van der Waals surface area contributed by atoms with E-state index in [-0.39, 0.29) is 19.0 Å². The molecule has 3 amide bonds. The van der Waals surface area contributed by atoms with E-state index in [1.165, 1.54) is 4.90 Å². The highest BCUT2D eigenvalue weighted by Crippen LogP contribution is 2.19. The maximum Gasteiger partial charge on any atom is 0.471 e. The molecule has 0 radical (unpaired) electrons. The zero-order chi connectivity index (χ0) is 21.6. The Hall–Kier alpha value is -2.62. The molecule has 0 spiro atoms. The van der Waals surface area contributed by atoms with Crippen molar-refractivity contribution in [1.29, 1.82) is 0 Å². The molecule has 1 aliphatic rings. The number of aryl methyl sites for hydroxylation is 2. The fourth-order valence-electron chi connectivity index (χ4n) is 3.14. The van der Waals surface area contributed by atoms with Crippen molar-refractivity contribution in [3.8, 4) is 0 Å². The number of anilines is 1. The van der Waals surface area contributed by atoms with Crippen LogP contribution in [0.25, 0.3) is 0 Å². The summed E-state index contributed by atoms with van der Waals surface area (Å²) in [6.45, 7) is 4.91. The van der Waals surface area contributed by atoms with Crippen LogP contribution in [0.4, 0.5) is 18.9 Å². The molecule has 0 unspecified atom stereocenters. The Morgan fingerprint density at radius 2 is 1.69 bits per heavy atom. The molecule has 0 aromatic heterocycles. The largest absolute Gasteiger partial charge is 0.471 e. The molecular weight excluding hydrogens is 389 g/mol. The molecule has 2 N–H and O–H groups in total. The van der Waals surface area contributed by atoms with Crippen LogP contribution in [0.15, 0.2) is 18.2 Å². The number of para-hydroxylation sites is 1. The molecule has 1 aromatic rings. The Bertz CT molecular complexity index is 747. The van der Waals surface area contributed by atoms with Gasteiger partial charge < -0.3 is 15.5 Å². The predicted octanol–water partition coefficient (Wildman–Crippen LogP) is 1.45. The summed E-state index contributed by atoms with van der Waals surface area (Å²) in [6, 6.07) is 5.74. The molecule has 0 bridgehead atoms. The van der Waals surface area contributed by atoms with E-state index in [1.54, 1.807) is 5.32 Å². The van der Waals surface area contributed by atoms with Crippen LogP contribution in [0.5, 0.6) is 0 Å². The summed E-state index contributed by atoms with van der Waals surface area (Å²) in [6.07, 6.45) is -4.44. The minimum Gasteiger partial charge on any atom is -0.340 e. The molecule has 0 atom stereocenters. The molecule has 7 nitrogen and oxygen atoms in total. The molecule has 0 aliphatic carbocycles. The van der Waals surface area contributed by atoms with E-state index in [1.807, 2.05) is 36.9 Å². The van der Waals surface area contributed by atoms with Gasteiger partial charge in [-0.15, -0.1) is 0 Å². The van der Waals surface area contributed by atoms with Crippen LogP contribution >= 0.6 is 0 Å². The van der Waals surface area contributed by atoms with Gasteiger partial charge in [0.2, 0.25) is 11.8 Å². The van der Waals surface area contributed by atoms with Crippen molar-refractivity contribution < 1.29 is 27.6 Å². The molecule has 0 saturated carbocycles. The number of benzene rings is 1. The van der Waals surface area contributed by atoms with Gasteiger partial charge in [-0.2, -0.15) is 13.2 Å². The van der Waals surface area contributed by atoms with E-state index >= 15 is 0 Å². The first kappa shape index (κ1) is 22.7. The number of hydrogen-bond acceptors (Lipinski definition) is 4. The number of rotatable bonds is 5. The van der Waals surface area contributed by atoms with Crippen molar-refractivity contribution in [2.75, 3.05) is 44.6 Å². The number of nitrogens with one attached hydrogen (secondary N) is 2. The number of alkyl halides is 3. The summed E-state index contributed by atoms with van der Waals surface area (Å²) in [5.41, 5.74) is 2.71. The summed E-state index contributed by atoms with van der Waals surface area (Å²) in [5, 5.41) is 4.50. The fourth-order valence-corrected chi connectivity index (χ4v) is 3.14. The second-order valence-electron chi connectivity index (χ2n) is 7.01. The minimum absolute atomic E-state index is 0.153. The Morgan fingerprint density at radius 3 is 2.31 bits per heavy atom. The Labute approximate surface area is 167 Å². The summed E-state index contributed by atoms with van der Waals surface area (Å²) in [7, 11) is 0. The predicted molar refractivity (Wildman–Crippen MR) is 101 cm³/mol. The van der Waals surface area contributed by atoms with Crippen LogP contribution in [0.3, 0.4) is 0 Å². The van der Waals surface area contributed by atoms with E-state index < -0.39 is 24.5 Å². The fraction of sp³-hybridized carbons (Fsp3) is 0.526. The van der Waals surface area contributed by atoms with Gasteiger partial charge >= 0.3 is 12.1 Å². The summed E-state index contributed by atoms with van der Waals surface area (Å²) >= 11 is 0. The topological polar surface area (TPSA) is 81.8 Å². The summed E-state index contributed by atoms with van der Waals surface area (Å²) in [5.74, 6) is -2.88. The van der Waals surface area contributed by atoms with Gasteiger partial charge in [-0.25, -0.2) is 0 Å². The lowest BCUT2D eigenvalue weighted by atomic mass is 10.1. The van der Waals surface area contributed by atoms with Gasteiger partial charge in [0.05, 0.1) is 13.1 Å². The highest BCUT2D eigenvalue weighted by atomic mass is 19.4. The Morgan fingerprint density at radius 1 is 1.03 bits per heavy atom. The van der Waals surface area contributed by atoms with Crippen molar-refractivity contribution in [2.45, 2.75) is 26.4 Å². The highest BCUT2D eigenvalue weighted by Gasteiger charge is 2.38. The van der Waals surface area contributed by atoms with Crippen LogP contribution in [-0.2, 0) is 14.4 Å². The first-order valence-electron chi connectivity index (χ1n) is 9.29. The zero-order valence-electron chi connectivity index (χ0n) is 16.4. The van der Waals surface area contributed by atoms with Gasteiger partial charge in [-0.05, 0) is 31.4 Å². The third-order valence-electron chi connectivity index (χ3n) is 4.71. The molecule has 1 aliphatic heterocycles. The molecule has 160 valence electrons. The highest BCUT2D eigenvalue weighted by molar-refractivity contribution is 5.93. The third kappa shape index (κ3) is 6.74. The summed E-state index contributed by atoms with van der Waals surface area (Å²) in [4.78, 5) is 38.6. The number of amides is 3. The minimum atomic E-state index is -5.02. The number of nitrogens with zero attached hydrogens (tertiary/aromatic N) is 2. The van der Waals surface area contributed by atoms with Crippen molar-refractivity contribution in [1.82, 2.24) is 15.1 Å². The van der Waals surface area contributed by atoms with Gasteiger partial charge in [-0.1, -0.05) is 18.2 Å². The van der Waals surface area contributed by atoms with Crippen molar-refractivity contribution >= 4 is 23.4 Å². The molecule has 10 heteroatoms. The number of carbonyl (C=O) groups excluding carboxylic acids is 3. The molecule has 29 heavy (non-hydrogen) atoms. The van der Waals surface area contributed by atoms with E-state index in [2.05, 4.69) is 5.32 Å². The average molecular weight is 414 g/mol. The van der Waals surface area contributed by atoms with E-state index in [0.717, 1.165) is 16.8 Å². The maximum absolute atomic E-state index is 12.4. The van der Waals surface area contributed by atoms with Crippen LogP contribution in [0.2, 0.25) is 0 Å². The molecule has 1 fully saturated rings. The maximum atomic E-state index is 12.4. The number of carbonyl (C=O) groups is 3. The van der Waals surface area contributed by atoms with Crippen LogP contribution in [0.1, 0.15) is 17.5 Å². The van der Waals surface area contributed by atoms with Gasteiger partial charge in [0.15, 0.2) is 0 Å². The van der Waals surface area contributed by atoms with Crippen molar-refractivity contribution in [3.63, 3.8) is 0 Å². The average Bonchev–Trinajstić information content (AvgIpc) is 2.87. The first-order chi connectivity index (χ1) is 13.6. The lowest BCUT2D eigenvalue weighted by molar-refractivity contribution is -0.174. The molecule has 1 aromatic carbocycles. The SMILES string of the molecule is Cc1cccc(C)c1NC(=O)CN1CCCN(C(=O)CNC(=O)C(F)(F)F)CC1. The van der Waals surface area contributed by atoms with Gasteiger partial charge in [0.1, 0.15) is 0 Å². The Balaban J connectivity index is 1.82. The molecule has 1 saturated heterocycles. The second-order valence-corrected chi connectivity index (χ2v) is 7.01. The van der Waals surface area contributed by atoms with Crippen molar-refractivity contribution in [3.05, 3.63) is 29.3 Å². The zero-order valence-corrected chi connectivity index (χ0v) is 16.4. The van der Waals surface area contributed by atoms with E-state index in [0.29, 0.717) is 26.1 Å². The van der Waals surface area contributed by atoms with Crippen LogP contribution in [0, 0.1) is 13.8 Å². The van der Waals surface area contributed by atoms with Gasteiger partial charge in [-0.3, -0.25) is 19.3 Å².